The predicted octanol–water partition coefficient (Wildman–Crippen LogP) is 4.89. The second-order valence-corrected chi connectivity index (χ2v) is 4.98. The molecule has 2 aromatic carbocycles. The van der Waals surface area contributed by atoms with Crippen LogP contribution in [0.5, 0.6) is 11.5 Å². The molecule has 0 aromatic heterocycles. The van der Waals surface area contributed by atoms with Crippen molar-refractivity contribution >= 4 is 11.6 Å². The number of benzene rings is 2. The Bertz CT molecular complexity index is 611. The number of aliphatic hydroxyl groups excluding tert-OH is 1. The van der Waals surface area contributed by atoms with Gasteiger partial charge in [-0.25, -0.2) is 4.39 Å². The molecule has 2 nitrogen and oxygen atoms in total. The van der Waals surface area contributed by atoms with Gasteiger partial charge in [0.1, 0.15) is 5.75 Å². The van der Waals surface area contributed by atoms with E-state index in [2.05, 4.69) is 0 Å². The zero-order valence-corrected chi connectivity index (χ0v) is 12.1. The summed E-state index contributed by atoms with van der Waals surface area (Å²) in [6.45, 7) is 3.57. The number of hydrogen-bond donors (Lipinski definition) is 1. The van der Waals surface area contributed by atoms with Gasteiger partial charge in [-0.2, -0.15) is 0 Å². The highest BCUT2D eigenvalue weighted by atomic mass is 35.5. The van der Waals surface area contributed by atoms with Gasteiger partial charge in [-0.3, -0.25) is 0 Å². The molecule has 1 N–H and O–H groups in total. The average Bonchev–Trinajstić information content (AvgIpc) is 2.42. The topological polar surface area (TPSA) is 29.5 Å². The van der Waals surface area contributed by atoms with Crippen LogP contribution in [0.15, 0.2) is 36.4 Å². The van der Waals surface area contributed by atoms with Crippen molar-refractivity contribution in [1.29, 1.82) is 0 Å². The molecule has 106 valence electrons. The second-order valence-electron chi connectivity index (χ2n) is 4.57. The summed E-state index contributed by atoms with van der Waals surface area (Å²) in [5, 5.41) is 10.1. The zero-order chi connectivity index (χ0) is 14.7. The van der Waals surface area contributed by atoms with E-state index in [1.165, 1.54) is 12.1 Å². The molecule has 0 spiro atoms. The molecule has 0 saturated heterocycles. The smallest absolute Gasteiger partial charge is 0.166 e. The highest BCUT2D eigenvalue weighted by Gasteiger charge is 2.09. The van der Waals surface area contributed by atoms with Gasteiger partial charge in [0.2, 0.25) is 0 Å². The predicted molar refractivity (Wildman–Crippen MR) is 77.9 cm³/mol. The summed E-state index contributed by atoms with van der Waals surface area (Å²) < 4.78 is 19.4. The lowest BCUT2D eigenvalue weighted by Crippen LogP contribution is -1.95. The summed E-state index contributed by atoms with van der Waals surface area (Å²) in [5.74, 6) is 0.158. The number of hydrogen-bond acceptors (Lipinski definition) is 2. The number of ether oxygens (including phenoxy) is 1. The van der Waals surface area contributed by atoms with E-state index in [1.54, 1.807) is 31.2 Å². The zero-order valence-electron chi connectivity index (χ0n) is 11.4. The summed E-state index contributed by atoms with van der Waals surface area (Å²) in [6.07, 6.45) is 0.0696. The largest absolute Gasteiger partial charge is 0.454 e. The van der Waals surface area contributed by atoms with E-state index in [-0.39, 0.29) is 5.75 Å². The lowest BCUT2D eigenvalue weighted by atomic mass is 10.1. The maximum Gasteiger partial charge on any atom is 0.166 e. The number of aliphatic hydroxyl groups is 1. The average molecular weight is 295 g/mol. The van der Waals surface area contributed by atoms with E-state index in [4.69, 9.17) is 16.3 Å². The Morgan fingerprint density at radius 3 is 2.60 bits per heavy atom. The maximum atomic E-state index is 13.9. The third kappa shape index (κ3) is 3.30. The fourth-order valence-electron chi connectivity index (χ4n) is 1.87. The summed E-state index contributed by atoms with van der Waals surface area (Å²) in [4.78, 5) is 0. The van der Waals surface area contributed by atoms with Crippen LogP contribution in [0.25, 0.3) is 0 Å². The van der Waals surface area contributed by atoms with Crippen molar-refractivity contribution in [3.05, 3.63) is 58.4 Å². The Morgan fingerprint density at radius 2 is 2.00 bits per heavy atom. The minimum absolute atomic E-state index is 0.124. The van der Waals surface area contributed by atoms with Crippen LogP contribution in [-0.2, 0) is 6.42 Å². The van der Waals surface area contributed by atoms with E-state index >= 15 is 0 Å². The Morgan fingerprint density at radius 1 is 1.25 bits per heavy atom. The standard InChI is InChI=1S/C16H16ClFO2/c1-3-11-8-13(5-6-14(11)17)20-16-7-4-12(10(2)19)9-15(16)18/h4-10,19H,3H2,1-2H3. The van der Waals surface area contributed by atoms with E-state index in [1.807, 2.05) is 6.92 Å². The van der Waals surface area contributed by atoms with Gasteiger partial charge in [0.05, 0.1) is 6.10 Å². The molecule has 1 atom stereocenters. The summed E-state index contributed by atoms with van der Waals surface area (Å²) >= 11 is 6.03. The van der Waals surface area contributed by atoms with Gasteiger partial charge in [-0.15, -0.1) is 0 Å². The molecule has 0 heterocycles. The van der Waals surface area contributed by atoms with Crippen LogP contribution < -0.4 is 4.74 Å². The molecule has 0 aliphatic rings. The monoisotopic (exact) mass is 294 g/mol. The molecule has 0 aliphatic carbocycles. The van der Waals surface area contributed by atoms with Crippen molar-refractivity contribution in [2.75, 3.05) is 0 Å². The minimum atomic E-state index is -0.708. The minimum Gasteiger partial charge on any atom is -0.454 e. The fourth-order valence-corrected chi connectivity index (χ4v) is 2.12. The van der Waals surface area contributed by atoms with Gasteiger partial charge in [0.25, 0.3) is 0 Å². The summed E-state index contributed by atoms with van der Waals surface area (Å²) in [6, 6.07) is 9.65. The van der Waals surface area contributed by atoms with Crippen LogP contribution in [0, 0.1) is 5.82 Å². The molecule has 20 heavy (non-hydrogen) atoms. The molecular formula is C16H16ClFO2. The fraction of sp³-hybridized carbons (Fsp3) is 0.250. The molecule has 0 bridgehead atoms. The van der Waals surface area contributed by atoms with Crippen molar-refractivity contribution in [3.8, 4) is 11.5 Å². The van der Waals surface area contributed by atoms with Gasteiger partial charge >= 0.3 is 0 Å². The SMILES string of the molecule is CCc1cc(Oc2ccc(C(C)O)cc2F)ccc1Cl. The Balaban J connectivity index is 2.26. The lowest BCUT2D eigenvalue weighted by Gasteiger charge is -2.11. The maximum absolute atomic E-state index is 13.9. The summed E-state index contributed by atoms with van der Waals surface area (Å²) in [7, 11) is 0. The van der Waals surface area contributed by atoms with Crippen LogP contribution in [0.4, 0.5) is 4.39 Å². The van der Waals surface area contributed by atoms with Crippen molar-refractivity contribution < 1.29 is 14.2 Å². The van der Waals surface area contributed by atoms with Crippen molar-refractivity contribution in [2.24, 2.45) is 0 Å². The Hall–Kier alpha value is -1.58. The first-order chi connectivity index (χ1) is 9.51. The summed E-state index contributed by atoms with van der Waals surface area (Å²) in [5.41, 5.74) is 1.46. The highest BCUT2D eigenvalue weighted by molar-refractivity contribution is 6.31. The normalized spacial score (nSPS) is 12.2. The number of rotatable bonds is 4. The third-order valence-corrected chi connectivity index (χ3v) is 3.43. The van der Waals surface area contributed by atoms with Crippen LogP contribution in [-0.4, -0.2) is 5.11 Å². The second kappa shape index (κ2) is 6.25. The van der Waals surface area contributed by atoms with E-state index in [9.17, 15) is 9.50 Å². The molecule has 1 unspecified atom stereocenters. The number of aryl methyl sites for hydroxylation is 1. The molecule has 4 heteroatoms. The molecule has 0 fully saturated rings. The number of halogens is 2. The molecule has 0 radical (unpaired) electrons. The van der Waals surface area contributed by atoms with Crippen LogP contribution >= 0.6 is 11.6 Å². The third-order valence-electron chi connectivity index (χ3n) is 3.06. The van der Waals surface area contributed by atoms with Gasteiger partial charge in [-0.05, 0) is 54.8 Å². The molecule has 0 saturated carbocycles. The molecule has 2 aromatic rings. The van der Waals surface area contributed by atoms with Gasteiger partial charge < -0.3 is 9.84 Å². The van der Waals surface area contributed by atoms with Crippen LogP contribution in [0.3, 0.4) is 0 Å². The van der Waals surface area contributed by atoms with Gasteiger partial charge in [0.15, 0.2) is 11.6 Å². The quantitative estimate of drug-likeness (QED) is 0.870. The Labute approximate surface area is 122 Å². The Kier molecular flexibility index (Phi) is 4.63. The van der Waals surface area contributed by atoms with Crippen molar-refractivity contribution in [2.45, 2.75) is 26.4 Å². The van der Waals surface area contributed by atoms with Crippen LogP contribution in [0.2, 0.25) is 5.02 Å². The highest BCUT2D eigenvalue weighted by Crippen LogP contribution is 2.29. The van der Waals surface area contributed by atoms with E-state index in [0.717, 1.165) is 12.0 Å². The van der Waals surface area contributed by atoms with Crippen molar-refractivity contribution in [3.63, 3.8) is 0 Å². The van der Waals surface area contributed by atoms with Crippen LogP contribution in [0.1, 0.15) is 31.1 Å². The van der Waals surface area contributed by atoms with E-state index in [0.29, 0.717) is 16.3 Å². The molecule has 2 rings (SSSR count). The van der Waals surface area contributed by atoms with E-state index < -0.39 is 11.9 Å². The molecule has 0 amide bonds. The van der Waals surface area contributed by atoms with Crippen molar-refractivity contribution in [1.82, 2.24) is 0 Å². The molecule has 0 aliphatic heterocycles. The van der Waals surface area contributed by atoms with Gasteiger partial charge in [-0.1, -0.05) is 24.6 Å². The molecular weight excluding hydrogens is 279 g/mol. The first kappa shape index (κ1) is 14.8. The first-order valence-corrected chi connectivity index (χ1v) is 6.83. The first-order valence-electron chi connectivity index (χ1n) is 6.45. The lowest BCUT2D eigenvalue weighted by molar-refractivity contribution is 0.198. The van der Waals surface area contributed by atoms with Gasteiger partial charge in [0, 0.05) is 5.02 Å².